The topological polar surface area (TPSA) is 216 Å². The van der Waals surface area contributed by atoms with Crippen molar-refractivity contribution in [3.05, 3.63) is 48.4 Å². The second-order valence-corrected chi connectivity index (χ2v) is 9.47. The van der Waals surface area contributed by atoms with Gasteiger partial charge < -0.3 is 44.6 Å². The van der Waals surface area contributed by atoms with Crippen LogP contribution in [0.2, 0.25) is 0 Å². The summed E-state index contributed by atoms with van der Waals surface area (Å²) in [4.78, 5) is 75.9. The SMILES string of the molecule is CC(=O)OC[C@H]1O[C@@H](n2cnc(NC(=O)[C@H](CCC(N)=O)NC(=O)OCc3ccccc3)c2)[C@H](OC(C)=O)[C@@H]1OC(C)=O. The third kappa shape index (κ3) is 10.1. The first kappa shape index (κ1) is 32.5. The fraction of sp³-hybridized carbons (Fsp3) is 0.444. The molecule has 0 unspecified atom stereocenters. The summed E-state index contributed by atoms with van der Waals surface area (Å²) in [5, 5.41) is 4.95. The van der Waals surface area contributed by atoms with Crippen molar-refractivity contribution >= 4 is 41.6 Å². The Bertz CT molecular complexity index is 1320. The zero-order valence-corrected chi connectivity index (χ0v) is 23.7. The minimum Gasteiger partial charge on any atom is -0.463 e. The number of esters is 3. The van der Waals surface area contributed by atoms with E-state index in [0.29, 0.717) is 0 Å². The molecule has 4 N–H and O–H groups in total. The molecule has 0 aliphatic carbocycles. The number of imidazole rings is 1. The van der Waals surface area contributed by atoms with E-state index in [9.17, 15) is 28.8 Å². The molecule has 2 heterocycles. The van der Waals surface area contributed by atoms with Gasteiger partial charge in [-0.2, -0.15) is 0 Å². The first-order valence-electron chi connectivity index (χ1n) is 13.2. The van der Waals surface area contributed by atoms with Crippen LogP contribution in [0.15, 0.2) is 42.9 Å². The van der Waals surface area contributed by atoms with E-state index in [-0.39, 0.29) is 31.9 Å². The number of alkyl carbamates (subject to hydrolysis) is 1. The Labute approximate surface area is 246 Å². The maximum Gasteiger partial charge on any atom is 0.408 e. The lowest BCUT2D eigenvalue weighted by Gasteiger charge is -2.23. The number of nitrogens with two attached hydrogens (primary N) is 1. The number of aromatic nitrogens is 2. The summed E-state index contributed by atoms with van der Waals surface area (Å²) < 4.78 is 28.2. The normalized spacial score (nSPS) is 19.9. The Balaban J connectivity index is 1.73. The molecule has 3 amide bonds. The number of hydrogen-bond donors (Lipinski definition) is 3. The van der Waals surface area contributed by atoms with Crippen LogP contribution in [0.25, 0.3) is 0 Å². The molecule has 43 heavy (non-hydrogen) atoms. The van der Waals surface area contributed by atoms with Crippen LogP contribution in [0.1, 0.15) is 45.4 Å². The van der Waals surface area contributed by atoms with E-state index in [2.05, 4.69) is 15.6 Å². The van der Waals surface area contributed by atoms with Crippen molar-refractivity contribution in [3.63, 3.8) is 0 Å². The van der Waals surface area contributed by atoms with E-state index < -0.39 is 66.4 Å². The third-order valence-electron chi connectivity index (χ3n) is 5.99. The average molecular weight is 604 g/mol. The number of anilines is 1. The highest BCUT2D eigenvalue weighted by atomic mass is 16.7. The summed E-state index contributed by atoms with van der Waals surface area (Å²) in [6, 6.07) is 7.67. The minimum absolute atomic E-state index is 0.00572. The van der Waals surface area contributed by atoms with Crippen LogP contribution in [0.5, 0.6) is 0 Å². The molecule has 0 saturated carbocycles. The van der Waals surface area contributed by atoms with Gasteiger partial charge in [0.05, 0.1) is 12.5 Å². The molecule has 1 aliphatic heterocycles. The summed E-state index contributed by atoms with van der Waals surface area (Å²) in [7, 11) is 0. The molecule has 0 bridgehead atoms. The second kappa shape index (κ2) is 15.3. The molecule has 2 aromatic rings. The highest BCUT2D eigenvalue weighted by molar-refractivity contribution is 5.96. The quantitative estimate of drug-likeness (QED) is 0.213. The lowest BCUT2D eigenvalue weighted by atomic mass is 10.1. The number of nitrogens with zero attached hydrogens (tertiary/aromatic N) is 2. The Kier molecular flexibility index (Phi) is 11.6. The van der Waals surface area contributed by atoms with E-state index in [1.165, 1.54) is 24.0 Å². The van der Waals surface area contributed by atoms with E-state index >= 15 is 0 Å². The number of carbonyl (C=O) groups is 6. The predicted molar refractivity (Wildman–Crippen MR) is 144 cm³/mol. The lowest BCUT2D eigenvalue weighted by molar-refractivity contribution is -0.166. The van der Waals surface area contributed by atoms with Crippen LogP contribution in [0, 0.1) is 0 Å². The molecule has 1 aliphatic rings. The first-order chi connectivity index (χ1) is 20.4. The minimum atomic E-state index is -1.21. The Hall–Kier alpha value is -4.99. The third-order valence-corrected chi connectivity index (χ3v) is 5.99. The van der Waals surface area contributed by atoms with E-state index in [1.54, 1.807) is 24.3 Å². The molecule has 0 spiro atoms. The Morgan fingerprint density at radius 1 is 0.977 bits per heavy atom. The van der Waals surface area contributed by atoms with Crippen molar-refractivity contribution in [2.75, 3.05) is 11.9 Å². The van der Waals surface area contributed by atoms with Crippen molar-refractivity contribution in [2.45, 2.75) is 70.8 Å². The van der Waals surface area contributed by atoms with Gasteiger partial charge in [-0.1, -0.05) is 30.3 Å². The van der Waals surface area contributed by atoms with Crippen LogP contribution in [-0.4, -0.2) is 76.3 Å². The maximum atomic E-state index is 13.1. The van der Waals surface area contributed by atoms with Gasteiger partial charge in [0.1, 0.15) is 25.4 Å². The van der Waals surface area contributed by atoms with Crippen LogP contribution >= 0.6 is 0 Å². The van der Waals surface area contributed by atoms with Crippen molar-refractivity contribution in [1.82, 2.24) is 14.9 Å². The van der Waals surface area contributed by atoms with Crippen LogP contribution < -0.4 is 16.4 Å². The number of carbonyl (C=O) groups excluding carboxylic acids is 6. The lowest BCUT2D eigenvalue weighted by Crippen LogP contribution is -2.44. The van der Waals surface area contributed by atoms with Gasteiger partial charge in [0.2, 0.25) is 11.8 Å². The first-order valence-corrected chi connectivity index (χ1v) is 13.2. The van der Waals surface area contributed by atoms with Crippen molar-refractivity contribution < 1.29 is 52.5 Å². The standard InChI is InChI=1S/C27H33N5O11/c1-15(33)39-13-20-23(41-16(2)34)24(42-17(3)35)26(43-20)32-11-22(29-14-32)31-25(37)19(9-10-21(28)36)30-27(38)40-12-18-7-5-4-6-8-18/h4-8,11,14,19-20,23-24,26H,9-10,12-13H2,1-3H3,(H2,28,36)(H,30,38)(H,31,37)/t19-,20+,23+,24+,26+/m0/s1. The maximum absolute atomic E-state index is 13.1. The van der Waals surface area contributed by atoms with E-state index in [1.807, 2.05) is 6.07 Å². The van der Waals surface area contributed by atoms with Crippen molar-refractivity contribution in [2.24, 2.45) is 5.73 Å². The molecular weight excluding hydrogens is 570 g/mol. The molecule has 3 rings (SSSR count). The molecule has 0 radical (unpaired) electrons. The van der Waals surface area contributed by atoms with E-state index in [4.69, 9.17) is 29.4 Å². The number of ether oxygens (including phenoxy) is 5. The van der Waals surface area contributed by atoms with Crippen molar-refractivity contribution in [1.29, 1.82) is 0 Å². The fourth-order valence-corrected chi connectivity index (χ4v) is 4.15. The van der Waals surface area contributed by atoms with Gasteiger partial charge >= 0.3 is 24.0 Å². The van der Waals surface area contributed by atoms with Crippen LogP contribution in [-0.2, 0) is 54.3 Å². The summed E-state index contributed by atoms with van der Waals surface area (Å²) in [6.45, 7) is 3.17. The smallest absolute Gasteiger partial charge is 0.408 e. The number of benzene rings is 1. The molecular formula is C27H33N5O11. The predicted octanol–water partition coefficient (Wildman–Crippen LogP) is 0.706. The summed E-state index contributed by atoms with van der Waals surface area (Å²) >= 11 is 0. The number of nitrogens with one attached hydrogen (secondary N) is 2. The number of amides is 3. The summed E-state index contributed by atoms with van der Waals surface area (Å²) in [5.41, 5.74) is 5.96. The van der Waals surface area contributed by atoms with Crippen LogP contribution in [0.4, 0.5) is 10.6 Å². The van der Waals surface area contributed by atoms with Gasteiger partial charge in [0, 0.05) is 27.2 Å². The largest absolute Gasteiger partial charge is 0.463 e. The van der Waals surface area contributed by atoms with Crippen LogP contribution in [0.3, 0.4) is 0 Å². The monoisotopic (exact) mass is 603 g/mol. The molecule has 1 fully saturated rings. The average Bonchev–Trinajstić information content (AvgIpc) is 3.53. The summed E-state index contributed by atoms with van der Waals surface area (Å²) in [5.74, 6) is -3.38. The van der Waals surface area contributed by atoms with Gasteiger partial charge in [-0.05, 0) is 12.0 Å². The molecule has 232 valence electrons. The summed E-state index contributed by atoms with van der Waals surface area (Å²) in [6.07, 6.45) is -2.99. The van der Waals surface area contributed by atoms with Gasteiger partial charge in [0.25, 0.3) is 0 Å². The number of rotatable bonds is 13. The molecule has 1 saturated heterocycles. The zero-order chi connectivity index (χ0) is 31.5. The molecule has 16 nitrogen and oxygen atoms in total. The highest BCUT2D eigenvalue weighted by Gasteiger charge is 2.50. The highest BCUT2D eigenvalue weighted by Crippen LogP contribution is 2.35. The van der Waals surface area contributed by atoms with Gasteiger partial charge in [-0.15, -0.1) is 0 Å². The zero-order valence-electron chi connectivity index (χ0n) is 23.7. The molecule has 5 atom stereocenters. The molecule has 1 aromatic heterocycles. The van der Waals surface area contributed by atoms with Gasteiger partial charge in [-0.25, -0.2) is 9.78 Å². The van der Waals surface area contributed by atoms with E-state index in [0.717, 1.165) is 19.4 Å². The Morgan fingerprint density at radius 2 is 1.65 bits per heavy atom. The molecule has 1 aromatic carbocycles. The molecule has 16 heteroatoms. The van der Waals surface area contributed by atoms with Gasteiger partial charge in [-0.3, -0.25) is 24.0 Å². The number of primary amides is 1. The number of hydrogen-bond acceptors (Lipinski definition) is 12. The van der Waals surface area contributed by atoms with Gasteiger partial charge in [0.15, 0.2) is 24.3 Å². The second-order valence-electron chi connectivity index (χ2n) is 9.47. The fourth-order valence-electron chi connectivity index (χ4n) is 4.15. The Morgan fingerprint density at radius 3 is 2.28 bits per heavy atom. The van der Waals surface area contributed by atoms with Crippen molar-refractivity contribution in [3.8, 4) is 0 Å².